The predicted octanol–water partition coefficient (Wildman–Crippen LogP) is 7.67. The Balaban J connectivity index is 1.70. The Labute approximate surface area is 200 Å². The van der Waals surface area contributed by atoms with E-state index in [1.165, 1.54) is 116 Å². The Bertz CT molecular complexity index is 385. The zero-order valence-corrected chi connectivity index (χ0v) is 21.8. The van der Waals surface area contributed by atoms with Gasteiger partial charge in [-0.05, 0) is 12.8 Å². The van der Waals surface area contributed by atoms with Crippen molar-refractivity contribution in [2.75, 3.05) is 39.4 Å². The van der Waals surface area contributed by atoms with Crippen molar-refractivity contribution in [1.29, 1.82) is 0 Å². The summed E-state index contributed by atoms with van der Waals surface area (Å²) in [5, 5.41) is 3.44. The first-order valence-corrected chi connectivity index (χ1v) is 14.3. The number of morpholine rings is 1. The Kier molecular flexibility index (Phi) is 21.4. The van der Waals surface area contributed by atoms with Crippen molar-refractivity contribution in [2.45, 2.75) is 129 Å². The van der Waals surface area contributed by atoms with Gasteiger partial charge < -0.3 is 10.1 Å². The number of rotatable bonds is 22. The molecule has 1 aliphatic rings. The highest BCUT2D eigenvalue weighted by atomic mass is 32.1. The summed E-state index contributed by atoms with van der Waals surface area (Å²) in [4.78, 5) is 3.51. The third kappa shape index (κ3) is 20.2. The molecule has 0 aliphatic carbocycles. The van der Waals surface area contributed by atoms with E-state index in [4.69, 9.17) is 17.0 Å². The van der Waals surface area contributed by atoms with Crippen LogP contribution in [0.3, 0.4) is 0 Å². The van der Waals surface area contributed by atoms with Crippen molar-refractivity contribution < 1.29 is 4.74 Å². The number of hydrogen-bond donors (Lipinski definition) is 1. The summed E-state index contributed by atoms with van der Waals surface area (Å²) in [5.74, 6) is 0. The van der Waals surface area contributed by atoms with Gasteiger partial charge in [0.2, 0.25) is 0 Å². The van der Waals surface area contributed by atoms with Crippen LogP contribution in [0.5, 0.6) is 0 Å². The molecule has 0 amide bonds. The van der Waals surface area contributed by atoms with Gasteiger partial charge in [-0.25, -0.2) is 0 Å². The number of thiocarbonyl (C=S) groups is 1. The van der Waals surface area contributed by atoms with E-state index in [2.05, 4.69) is 17.1 Å². The topological polar surface area (TPSA) is 24.5 Å². The molecule has 3 nitrogen and oxygen atoms in total. The first-order chi connectivity index (χ1) is 15.3. The van der Waals surface area contributed by atoms with Gasteiger partial charge in [0.05, 0.1) is 18.2 Å². The summed E-state index contributed by atoms with van der Waals surface area (Å²) < 4.78 is 5.38. The molecule has 4 heteroatoms. The van der Waals surface area contributed by atoms with Gasteiger partial charge in [0.25, 0.3) is 0 Å². The maximum absolute atomic E-state index is 5.48. The largest absolute Gasteiger partial charge is 0.379 e. The number of nitrogens with zero attached hydrogens (tertiary/aromatic N) is 1. The number of unbranched alkanes of at least 4 members (excludes halogenated alkanes) is 17. The molecule has 1 N–H and O–H groups in total. The summed E-state index contributed by atoms with van der Waals surface area (Å²) in [5.41, 5.74) is 0. The quantitative estimate of drug-likeness (QED) is 0.134. The van der Waals surface area contributed by atoms with Crippen LogP contribution in [0.4, 0.5) is 0 Å². The third-order valence-electron chi connectivity index (χ3n) is 6.61. The standard InChI is InChI=1S/C27H54N2OS/c1-2-3-4-5-6-7-8-9-10-11-12-13-14-15-16-17-18-19-20-27(31)28-21-22-29-23-25-30-26-24-29/h2-26H2,1H3,(H,28,31). The van der Waals surface area contributed by atoms with Crippen LogP contribution in [-0.2, 0) is 4.74 Å². The van der Waals surface area contributed by atoms with Crippen LogP contribution >= 0.6 is 12.2 Å². The summed E-state index contributed by atoms with van der Waals surface area (Å²) in [7, 11) is 0. The first kappa shape index (κ1) is 28.8. The maximum atomic E-state index is 5.48. The van der Waals surface area contributed by atoms with Crippen LogP contribution in [0, 0.1) is 0 Å². The second-order valence-corrected chi connectivity index (χ2v) is 10.1. The van der Waals surface area contributed by atoms with E-state index < -0.39 is 0 Å². The summed E-state index contributed by atoms with van der Waals surface area (Å²) >= 11 is 5.48. The molecule has 1 saturated heterocycles. The molecule has 0 spiro atoms. The van der Waals surface area contributed by atoms with Crippen molar-refractivity contribution in [3.8, 4) is 0 Å². The van der Waals surface area contributed by atoms with Crippen molar-refractivity contribution in [3.05, 3.63) is 0 Å². The molecule has 0 unspecified atom stereocenters. The van der Waals surface area contributed by atoms with Gasteiger partial charge in [-0.2, -0.15) is 0 Å². The molecule has 184 valence electrons. The van der Waals surface area contributed by atoms with Crippen molar-refractivity contribution in [1.82, 2.24) is 10.2 Å². The Hall–Kier alpha value is -0.190. The number of nitrogens with one attached hydrogen (secondary N) is 1. The second-order valence-electron chi connectivity index (χ2n) is 9.56. The average molecular weight is 455 g/mol. The van der Waals surface area contributed by atoms with Crippen LogP contribution in [0.25, 0.3) is 0 Å². The van der Waals surface area contributed by atoms with Gasteiger partial charge in [-0.1, -0.05) is 128 Å². The molecule has 1 aliphatic heterocycles. The van der Waals surface area contributed by atoms with E-state index in [0.29, 0.717) is 0 Å². The van der Waals surface area contributed by atoms with E-state index in [0.717, 1.165) is 50.8 Å². The van der Waals surface area contributed by atoms with E-state index >= 15 is 0 Å². The van der Waals surface area contributed by atoms with Crippen LogP contribution in [0.15, 0.2) is 0 Å². The second kappa shape index (κ2) is 23.0. The number of ether oxygens (including phenoxy) is 1. The van der Waals surface area contributed by atoms with Gasteiger partial charge >= 0.3 is 0 Å². The van der Waals surface area contributed by atoms with E-state index in [1.807, 2.05) is 0 Å². The lowest BCUT2D eigenvalue weighted by Crippen LogP contribution is -2.41. The first-order valence-electron chi connectivity index (χ1n) is 13.9. The molecule has 0 saturated carbocycles. The molecule has 31 heavy (non-hydrogen) atoms. The predicted molar refractivity (Wildman–Crippen MR) is 141 cm³/mol. The molecule has 0 radical (unpaired) electrons. The normalized spacial score (nSPS) is 14.7. The van der Waals surface area contributed by atoms with Gasteiger partial charge in [0, 0.05) is 26.2 Å². The van der Waals surface area contributed by atoms with Crippen molar-refractivity contribution in [2.24, 2.45) is 0 Å². The Morgan fingerprint density at radius 2 is 1.10 bits per heavy atom. The van der Waals surface area contributed by atoms with Crippen molar-refractivity contribution in [3.63, 3.8) is 0 Å². The highest BCUT2D eigenvalue weighted by molar-refractivity contribution is 7.80. The molecule has 0 aromatic rings. The van der Waals surface area contributed by atoms with Crippen LogP contribution in [0.1, 0.15) is 129 Å². The minimum atomic E-state index is 0.879. The van der Waals surface area contributed by atoms with Crippen LogP contribution in [-0.4, -0.2) is 49.3 Å². The molecular formula is C27H54N2OS. The SMILES string of the molecule is CCCCCCCCCCCCCCCCCCCCC(=S)NCCN1CCOCC1. The summed E-state index contributed by atoms with van der Waals surface area (Å²) in [6.45, 7) is 8.25. The molecule has 0 atom stereocenters. The van der Waals surface area contributed by atoms with E-state index in [1.54, 1.807) is 0 Å². The van der Waals surface area contributed by atoms with E-state index in [9.17, 15) is 0 Å². The van der Waals surface area contributed by atoms with Gasteiger partial charge in [-0.3, -0.25) is 4.90 Å². The van der Waals surface area contributed by atoms with Crippen LogP contribution < -0.4 is 5.32 Å². The highest BCUT2D eigenvalue weighted by Gasteiger charge is 2.09. The fraction of sp³-hybridized carbons (Fsp3) is 0.963. The minimum absolute atomic E-state index is 0.879. The lowest BCUT2D eigenvalue weighted by molar-refractivity contribution is 0.0389. The fourth-order valence-corrected chi connectivity index (χ4v) is 4.70. The zero-order chi connectivity index (χ0) is 22.2. The zero-order valence-electron chi connectivity index (χ0n) is 20.9. The molecule has 1 heterocycles. The molecule has 0 aromatic heterocycles. The highest BCUT2D eigenvalue weighted by Crippen LogP contribution is 2.14. The van der Waals surface area contributed by atoms with Crippen LogP contribution in [0.2, 0.25) is 0 Å². The lowest BCUT2D eigenvalue weighted by atomic mass is 10.0. The van der Waals surface area contributed by atoms with Gasteiger partial charge in [0.15, 0.2) is 0 Å². The van der Waals surface area contributed by atoms with Gasteiger partial charge in [-0.15, -0.1) is 0 Å². The molecule has 1 fully saturated rings. The Morgan fingerprint density at radius 3 is 1.55 bits per heavy atom. The fourth-order valence-electron chi connectivity index (χ4n) is 4.45. The summed E-state index contributed by atoms with van der Waals surface area (Å²) in [6, 6.07) is 0. The molecule has 0 aromatic carbocycles. The Morgan fingerprint density at radius 1 is 0.677 bits per heavy atom. The number of hydrogen-bond acceptors (Lipinski definition) is 3. The summed E-state index contributed by atoms with van der Waals surface area (Å²) in [6.07, 6.45) is 26.8. The third-order valence-corrected chi connectivity index (χ3v) is 6.96. The molecular weight excluding hydrogens is 400 g/mol. The minimum Gasteiger partial charge on any atom is -0.379 e. The molecule has 1 rings (SSSR count). The smallest absolute Gasteiger partial charge is 0.0753 e. The van der Waals surface area contributed by atoms with Crippen molar-refractivity contribution >= 4 is 17.2 Å². The lowest BCUT2D eigenvalue weighted by Gasteiger charge is -2.26. The monoisotopic (exact) mass is 454 g/mol. The molecule has 0 bridgehead atoms. The average Bonchev–Trinajstić information content (AvgIpc) is 2.79. The van der Waals surface area contributed by atoms with Gasteiger partial charge in [0.1, 0.15) is 0 Å². The maximum Gasteiger partial charge on any atom is 0.0753 e. The van der Waals surface area contributed by atoms with E-state index in [-0.39, 0.29) is 0 Å².